The zero-order valence-corrected chi connectivity index (χ0v) is 29.6. The molecule has 48 heavy (non-hydrogen) atoms. The molecule has 0 aliphatic carbocycles. The van der Waals surface area contributed by atoms with Crippen LogP contribution < -0.4 is 9.64 Å². The van der Waals surface area contributed by atoms with Crippen LogP contribution >= 0.6 is 22.7 Å². The summed E-state index contributed by atoms with van der Waals surface area (Å²) in [5.41, 5.74) is 2.47. The van der Waals surface area contributed by atoms with E-state index in [-0.39, 0.29) is 11.9 Å². The predicted molar refractivity (Wildman–Crippen MR) is 192 cm³/mol. The number of aromatic nitrogens is 1. The van der Waals surface area contributed by atoms with Crippen LogP contribution in [0.2, 0.25) is 0 Å². The van der Waals surface area contributed by atoms with Crippen molar-refractivity contribution in [3.8, 4) is 5.75 Å². The van der Waals surface area contributed by atoms with E-state index in [4.69, 9.17) is 14.2 Å². The lowest BCUT2D eigenvalue weighted by atomic mass is 10.1. The molecule has 0 unspecified atom stereocenters. The summed E-state index contributed by atoms with van der Waals surface area (Å²) in [6.07, 6.45) is 9.14. The lowest BCUT2D eigenvalue weighted by Gasteiger charge is -2.18. The van der Waals surface area contributed by atoms with E-state index >= 15 is 0 Å². The fourth-order valence-electron chi connectivity index (χ4n) is 4.59. The van der Waals surface area contributed by atoms with Crippen LogP contribution in [0.5, 0.6) is 5.75 Å². The Morgan fingerprint density at radius 1 is 0.771 bits per heavy atom. The molecule has 0 amide bonds. The summed E-state index contributed by atoms with van der Waals surface area (Å²) in [5.74, 6) is 0.467. The summed E-state index contributed by atoms with van der Waals surface area (Å²) < 4.78 is 17.1. The summed E-state index contributed by atoms with van der Waals surface area (Å²) >= 11 is 2.92. The third-order valence-electron chi connectivity index (χ3n) is 7.21. The number of fused-ring (bicyclic) bond motifs is 1. The number of rotatable bonds is 21. The van der Waals surface area contributed by atoms with Gasteiger partial charge in [-0.2, -0.15) is 0 Å². The zero-order valence-electron chi connectivity index (χ0n) is 27.9. The van der Waals surface area contributed by atoms with Crippen molar-refractivity contribution in [1.82, 2.24) is 4.98 Å². The quantitative estimate of drug-likeness (QED) is 0.0483. The van der Waals surface area contributed by atoms with Crippen LogP contribution in [0.3, 0.4) is 0 Å². The van der Waals surface area contributed by atoms with Crippen LogP contribution in [0.25, 0.3) is 9.53 Å². The summed E-state index contributed by atoms with van der Waals surface area (Å²) in [6, 6.07) is 17.3. The van der Waals surface area contributed by atoms with E-state index in [9.17, 15) is 9.59 Å². The molecular weight excluding hydrogens is 649 g/mol. The number of hydrogen-bond donors (Lipinski definition) is 0. The Morgan fingerprint density at radius 2 is 1.42 bits per heavy atom. The first-order valence-electron chi connectivity index (χ1n) is 16.5. The van der Waals surface area contributed by atoms with E-state index in [2.05, 4.69) is 25.4 Å². The third-order valence-corrected chi connectivity index (χ3v) is 9.14. The van der Waals surface area contributed by atoms with E-state index in [1.807, 2.05) is 73.5 Å². The van der Waals surface area contributed by atoms with Gasteiger partial charge in [0.2, 0.25) is 5.13 Å². The minimum absolute atomic E-state index is 0.0794. The summed E-state index contributed by atoms with van der Waals surface area (Å²) in [7, 11) is 1.94. The number of carbonyl (C=O) groups excluding carboxylic acids is 2. The molecule has 13 heteroatoms. The maximum Gasteiger partial charge on any atom is 0.305 e. The molecule has 4 aromatic rings. The van der Waals surface area contributed by atoms with Crippen molar-refractivity contribution < 1.29 is 23.8 Å². The number of thiophene rings is 1. The van der Waals surface area contributed by atoms with E-state index in [1.165, 1.54) is 48.9 Å². The van der Waals surface area contributed by atoms with Crippen molar-refractivity contribution in [1.29, 1.82) is 0 Å². The first-order chi connectivity index (χ1) is 23.4. The van der Waals surface area contributed by atoms with Gasteiger partial charge >= 0.3 is 11.9 Å². The van der Waals surface area contributed by atoms with Gasteiger partial charge in [-0.3, -0.25) is 9.59 Å². The second kappa shape index (κ2) is 20.2. The van der Waals surface area contributed by atoms with Gasteiger partial charge in [0.25, 0.3) is 0 Å². The minimum Gasteiger partial charge on any atom is -0.494 e. The van der Waals surface area contributed by atoms with Gasteiger partial charge in [0.1, 0.15) is 22.2 Å². The molecule has 0 bridgehead atoms. The van der Waals surface area contributed by atoms with Crippen molar-refractivity contribution in [2.24, 2.45) is 20.5 Å². The van der Waals surface area contributed by atoms with Gasteiger partial charge in [-0.05, 0) is 73.9 Å². The Kier molecular flexibility index (Phi) is 15.4. The summed E-state index contributed by atoms with van der Waals surface area (Å²) in [6.45, 7) is 5.57. The molecule has 0 radical (unpaired) electrons. The number of azo groups is 2. The van der Waals surface area contributed by atoms with Crippen molar-refractivity contribution in [3.63, 3.8) is 0 Å². The highest BCUT2D eigenvalue weighted by molar-refractivity contribution is 7.30. The van der Waals surface area contributed by atoms with E-state index in [1.54, 1.807) is 0 Å². The number of unbranched alkanes of at least 4 members (excludes halogenated alkanes) is 6. The lowest BCUT2D eigenvalue weighted by molar-refractivity contribution is -0.144. The monoisotopic (exact) mass is 692 g/mol. The number of anilines is 1. The molecule has 0 atom stereocenters. The van der Waals surface area contributed by atoms with Crippen LogP contribution in [0.4, 0.5) is 27.2 Å². The zero-order chi connectivity index (χ0) is 34.0. The summed E-state index contributed by atoms with van der Waals surface area (Å²) in [5, 5.41) is 18.8. The predicted octanol–water partition coefficient (Wildman–Crippen LogP) is 10.6. The molecule has 0 saturated carbocycles. The number of esters is 2. The molecule has 11 nitrogen and oxygen atoms in total. The highest BCUT2D eigenvalue weighted by Crippen LogP contribution is 2.39. The molecule has 0 aliphatic heterocycles. The molecule has 4 rings (SSSR count). The number of thiazole rings is 1. The number of nitrogens with zero attached hydrogens (tertiary/aromatic N) is 6. The van der Waals surface area contributed by atoms with Crippen LogP contribution in [0.15, 0.2) is 75.1 Å². The number of ether oxygens (including phenoxy) is 3. The van der Waals surface area contributed by atoms with Gasteiger partial charge in [0, 0.05) is 26.1 Å². The molecule has 0 spiro atoms. The largest absolute Gasteiger partial charge is 0.494 e. The van der Waals surface area contributed by atoms with Crippen molar-refractivity contribution in [2.45, 2.75) is 71.6 Å². The Labute approximate surface area is 290 Å². The molecule has 0 saturated heterocycles. The van der Waals surface area contributed by atoms with Gasteiger partial charge in [0.05, 0.1) is 35.8 Å². The number of hydrogen-bond acceptors (Lipinski definition) is 13. The molecule has 256 valence electrons. The Morgan fingerprint density at radius 3 is 2.08 bits per heavy atom. The Balaban J connectivity index is 1.12. The Bertz CT molecular complexity index is 1590. The molecular formula is C35H44N6O5S2. The maximum atomic E-state index is 11.3. The second-order valence-electron chi connectivity index (χ2n) is 11.2. The number of likely N-dealkylation sites (N-methyl/N-ethyl adjacent to an activating group) is 1. The lowest BCUT2D eigenvalue weighted by Crippen LogP contribution is -2.23. The first kappa shape index (κ1) is 36.6. The number of benzene rings is 2. The molecule has 2 heterocycles. The van der Waals surface area contributed by atoms with Gasteiger partial charge in [-0.25, -0.2) is 4.98 Å². The van der Waals surface area contributed by atoms with Gasteiger partial charge in [-0.1, -0.05) is 61.7 Å². The number of carbonyl (C=O) groups is 2. The van der Waals surface area contributed by atoms with Gasteiger partial charge < -0.3 is 19.1 Å². The smallest absolute Gasteiger partial charge is 0.305 e. The van der Waals surface area contributed by atoms with Crippen LogP contribution in [-0.4, -0.2) is 50.3 Å². The highest BCUT2D eigenvalue weighted by Gasteiger charge is 2.09. The highest BCUT2D eigenvalue weighted by atomic mass is 32.1. The molecule has 0 N–H and O–H groups in total. The average Bonchev–Trinajstić information content (AvgIpc) is 3.64. The normalized spacial score (nSPS) is 11.5. The first-order valence-corrected chi connectivity index (χ1v) is 18.1. The fourth-order valence-corrected chi connectivity index (χ4v) is 6.44. The topological polar surface area (TPSA) is 127 Å². The standard InChI is InChI=1S/C35H44N6O5S2/c1-4-12-33(43)46-23-11-9-7-5-6-8-10-22-45-30-19-15-28(16-20-30)37-39-32-25-31-34(48-32)36-35(47-31)40-38-27-13-17-29(18-14-27)41(3)21-24-44-26(2)42/h13-20,25H,4-12,21-24H2,1-3H3. The molecule has 2 aromatic carbocycles. The Hall–Kier alpha value is -4.23. The van der Waals surface area contributed by atoms with E-state index in [0.717, 1.165) is 69.4 Å². The minimum atomic E-state index is -0.281. The van der Waals surface area contributed by atoms with Crippen molar-refractivity contribution >= 4 is 71.3 Å². The molecule has 2 aromatic heterocycles. The fraction of sp³-hybridized carbons (Fsp3) is 0.457. The van der Waals surface area contributed by atoms with Crippen molar-refractivity contribution in [2.75, 3.05) is 38.3 Å². The summed E-state index contributed by atoms with van der Waals surface area (Å²) in [4.78, 5) is 29.7. The molecule has 0 fully saturated rings. The second-order valence-corrected chi connectivity index (χ2v) is 13.2. The van der Waals surface area contributed by atoms with Crippen molar-refractivity contribution in [3.05, 3.63) is 54.6 Å². The molecule has 0 aliphatic rings. The van der Waals surface area contributed by atoms with Crippen LogP contribution in [-0.2, 0) is 19.1 Å². The van der Waals surface area contributed by atoms with Gasteiger partial charge in [0.15, 0.2) is 0 Å². The van der Waals surface area contributed by atoms with Gasteiger partial charge in [-0.15, -0.1) is 20.5 Å². The average molecular weight is 693 g/mol. The van der Waals surface area contributed by atoms with Crippen LogP contribution in [0.1, 0.15) is 71.6 Å². The van der Waals surface area contributed by atoms with Crippen LogP contribution in [0, 0.1) is 0 Å². The SMILES string of the molecule is CCCC(=O)OCCCCCCCCCOc1ccc(N=Nc2cc3sc(N=Nc4ccc(N(C)CCOC(C)=O)cc4)nc3s2)cc1. The maximum absolute atomic E-state index is 11.3. The van der Waals surface area contributed by atoms with E-state index in [0.29, 0.717) is 37.9 Å². The third kappa shape index (κ3) is 13.1. The van der Waals surface area contributed by atoms with E-state index < -0.39 is 0 Å².